The molecule has 0 aromatic carbocycles. The molecule has 2 atom stereocenters. The van der Waals surface area contributed by atoms with Crippen molar-refractivity contribution >= 4 is 21.9 Å². The molecule has 0 amide bonds. The summed E-state index contributed by atoms with van der Waals surface area (Å²) in [5, 5.41) is 4.22. The molecule has 1 aromatic heterocycles. The van der Waals surface area contributed by atoms with E-state index < -0.39 is 0 Å². The first-order valence-electron chi connectivity index (χ1n) is 5.18. The molecule has 5 nitrogen and oxygen atoms in total. The standard InChI is InChI=1S/C9H13BrN4O/c1-13-9(11-8(10)12-13)14-6-2-3-7(14)5-15-4-6/h6-7H,2-5H2,1H3. The van der Waals surface area contributed by atoms with Gasteiger partial charge in [0.05, 0.1) is 25.3 Å². The molecule has 3 rings (SSSR count). The molecule has 2 aliphatic heterocycles. The summed E-state index contributed by atoms with van der Waals surface area (Å²) in [5.74, 6) is 0.956. The van der Waals surface area contributed by atoms with Crippen LogP contribution in [-0.2, 0) is 11.8 Å². The Balaban J connectivity index is 1.96. The fourth-order valence-electron chi connectivity index (χ4n) is 2.53. The number of morpholine rings is 1. The van der Waals surface area contributed by atoms with Crippen molar-refractivity contribution in [1.29, 1.82) is 0 Å². The van der Waals surface area contributed by atoms with Gasteiger partial charge in [-0.2, -0.15) is 4.98 Å². The van der Waals surface area contributed by atoms with Gasteiger partial charge in [0, 0.05) is 7.05 Å². The summed E-state index contributed by atoms with van der Waals surface area (Å²) < 4.78 is 8.04. The Kier molecular flexibility index (Phi) is 2.21. The van der Waals surface area contributed by atoms with Gasteiger partial charge in [-0.05, 0) is 28.8 Å². The van der Waals surface area contributed by atoms with Crippen LogP contribution in [0.5, 0.6) is 0 Å². The van der Waals surface area contributed by atoms with Crippen LogP contribution in [0.4, 0.5) is 5.95 Å². The number of halogens is 1. The summed E-state index contributed by atoms with van der Waals surface area (Å²) in [7, 11) is 1.93. The number of anilines is 1. The molecule has 0 N–H and O–H groups in total. The maximum atomic E-state index is 5.54. The highest BCUT2D eigenvalue weighted by molar-refractivity contribution is 9.10. The molecule has 15 heavy (non-hydrogen) atoms. The van der Waals surface area contributed by atoms with Gasteiger partial charge in [-0.3, -0.25) is 0 Å². The third-order valence-corrected chi connectivity index (χ3v) is 3.52. The minimum atomic E-state index is 0.485. The third kappa shape index (κ3) is 1.47. The second kappa shape index (κ2) is 3.45. The lowest BCUT2D eigenvalue weighted by Crippen LogP contribution is -2.47. The first-order valence-corrected chi connectivity index (χ1v) is 5.97. The van der Waals surface area contributed by atoms with Crippen LogP contribution >= 0.6 is 15.9 Å². The van der Waals surface area contributed by atoms with Gasteiger partial charge in [0.15, 0.2) is 0 Å². The predicted molar refractivity (Wildman–Crippen MR) is 58.8 cm³/mol. The number of hydrogen-bond acceptors (Lipinski definition) is 4. The summed E-state index contributed by atoms with van der Waals surface area (Å²) in [6.07, 6.45) is 2.41. The number of nitrogens with zero attached hydrogens (tertiary/aromatic N) is 4. The highest BCUT2D eigenvalue weighted by atomic mass is 79.9. The molecule has 0 aliphatic carbocycles. The van der Waals surface area contributed by atoms with Crippen molar-refractivity contribution in [1.82, 2.24) is 14.8 Å². The van der Waals surface area contributed by atoms with Gasteiger partial charge < -0.3 is 9.64 Å². The van der Waals surface area contributed by atoms with E-state index in [1.165, 1.54) is 12.8 Å². The van der Waals surface area contributed by atoms with Gasteiger partial charge in [0.2, 0.25) is 10.7 Å². The van der Waals surface area contributed by atoms with Crippen molar-refractivity contribution in [3.8, 4) is 0 Å². The van der Waals surface area contributed by atoms with Gasteiger partial charge >= 0.3 is 0 Å². The fraction of sp³-hybridized carbons (Fsp3) is 0.778. The quantitative estimate of drug-likeness (QED) is 0.764. The molecule has 0 radical (unpaired) electrons. The second-order valence-electron chi connectivity index (χ2n) is 4.13. The molecule has 2 bridgehead atoms. The molecule has 0 spiro atoms. The maximum Gasteiger partial charge on any atom is 0.225 e. The summed E-state index contributed by atoms with van der Waals surface area (Å²) in [4.78, 5) is 6.78. The van der Waals surface area contributed by atoms with Gasteiger partial charge in [0.1, 0.15) is 0 Å². The third-order valence-electron chi connectivity index (χ3n) is 3.19. The summed E-state index contributed by atoms with van der Waals surface area (Å²) >= 11 is 3.31. The van der Waals surface area contributed by atoms with E-state index in [4.69, 9.17) is 4.74 Å². The maximum absolute atomic E-state index is 5.54. The van der Waals surface area contributed by atoms with Crippen molar-refractivity contribution in [2.45, 2.75) is 24.9 Å². The highest BCUT2D eigenvalue weighted by Gasteiger charge is 2.39. The van der Waals surface area contributed by atoms with Crippen LogP contribution in [-0.4, -0.2) is 40.1 Å². The Morgan fingerprint density at radius 1 is 1.33 bits per heavy atom. The lowest BCUT2D eigenvalue weighted by molar-refractivity contribution is 0.0893. The first kappa shape index (κ1) is 9.59. The zero-order valence-corrected chi connectivity index (χ0v) is 10.1. The monoisotopic (exact) mass is 272 g/mol. The van der Waals surface area contributed by atoms with Crippen LogP contribution in [0.2, 0.25) is 0 Å². The van der Waals surface area contributed by atoms with Gasteiger partial charge in [-0.25, -0.2) is 4.68 Å². The Morgan fingerprint density at radius 2 is 2.00 bits per heavy atom. The molecule has 1 aromatic rings. The van der Waals surface area contributed by atoms with E-state index in [0.29, 0.717) is 16.8 Å². The molecule has 2 unspecified atom stereocenters. The van der Waals surface area contributed by atoms with Crippen LogP contribution in [0, 0.1) is 0 Å². The summed E-state index contributed by atoms with van der Waals surface area (Å²) in [6, 6.07) is 0.970. The van der Waals surface area contributed by atoms with E-state index in [0.717, 1.165) is 19.2 Å². The van der Waals surface area contributed by atoms with E-state index in [2.05, 4.69) is 30.9 Å². The second-order valence-corrected chi connectivity index (χ2v) is 4.84. The zero-order valence-electron chi connectivity index (χ0n) is 8.56. The lowest BCUT2D eigenvalue weighted by atomic mass is 10.2. The van der Waals surface area contributed by atoms with Crippen LogP contribution in [0.25, 0.3) is 0 Å². The minimum absolute atomic E-state index is 0.485. The molecule has 6 heteroatoms. The Bertz CT molecular complexity index is 364. The van der Waals surface area contributed by atoms with Crippen LogP contribution in [0.3, 0.4) is 0 Å². The van der Waals surface area contributed by atoms with E-state index in [1.54, 1.807) is 0 Å². The average Bonchev–Trinajstić information content (AvgIpc) is 2.63. The van der Waals surface area contributed by atoms with Gasteiger partial charge in [-0.1, -0.05) is 0 Å². The van der Waals surface area contributed by atoms with Crippen molar-refractivity contribution in [2.75, 3.05) is 18.1 Å². The molecule has 2 saturated heterocycles. The topological polar surface area (TPSA) is 43.2 Å². The SMILES string of the molecule is Cn1nc(Br)nc1N1C2CCC1COC2. The highest BCUT2D eigenvalue weighted by Crippen LogP contribution is 2.32. The molecular weight excluding hydrogens is 260 g/mol. The largest absolute Gasteiger partial charge is 0.377 e. The summed E-state index contributed by atoms with van der Waals surface area (Å²) in [6.45, 7) is 1.64. The first-order chi connectivity index (χ1) is 7.25. The molecule has 2 fully saturated rings. The number of fused-ring (bicyclic) bond motifs is 2. The van der Waals surface area contributed by atoms with Crippen LogP contribution in [0.1, 0.15) is 12.8 Å². The molecule has 2 aliphatic rings. The van der Waals surface area contributed by atoms with E-state index in [9.17, 15) is 0 Å². The van der Waals surface area contributed by atoms with Crippen molar-refractivity contribution in [2.24, 2.45) is 7.05 Å². The fourth-order valence-corrected chi connectivity index (χ4v) is 2.92. The van der Waals surface area contributed by atoms with Gasteiger partial charge in [0.25, 0.3) is 0 Å². The van der Waals surface area contributed by atoms with Gasteiger partial charge in [-0.15, -0.1) is 5.10 Å². The van der Waals surface area contributed by atoms with Crippen LogP contribution in [0.15, 0.2) is 4.73 Å². The molecular formula is C9H13BrN4O. The number of rotatable bonds is 1. The van der Waals surface area contributed by atoms with E-state index in [-0.39, 0.29) is 0 Å². The lowest BCUT2D eigenvalue weighted by Gasteiger charge is -2.34. The Hall–Kier alpha value is -0.620. The Morgan fingerprint density at radius 3 is 2.53 bits per heavy atom. The van der Waals surface area contributed by atoms with Crippen molar-refractivity contribution < 1.29 is 4.74 Å². The Labute approximate surface area is 96.5 Å². The summed E-state index contributed by atoms with van der Waals surface area (Å²) in [5.41, 5.74) is 0. The normalized spacial score (nSPS) is 29.9. The van der Waals surface area contributed by atoms with E-state index in [1.807, 2.05) is 11.7 Å². The number of aromatic nitrogens is 3. The number of hydrogen-bond donors (Lipinski definition) is 0. The predicted octanol–water partition coefficient (Wildman–Crippen LogP) is 0.945. The molecule has 0 saturated carbocycles. The zero-order chi connectivity index (χ0) is 10.4. The molecule has 3 heterocycles. The minimum Gasteiger partial charge on any atom is -0.377 e. The van der Waals surface area contributed by atoms with Crippen LogP contribution < -0.4 is 4.90 Å². The number of ether oxygens (including phenoxy) is 1. The molecule has 82 valence electrons. The van der Waals surface area contributed by atoms with E-state index >= 15 is 0 Å². The van der Waals surface area contributed by atoms with Crippen molar-refractivity contribution in [3.63, 3.8) is 0 Å². The average molecular weight is 273 g/mol. The van der Waals surface area contributed by atoms with Crippen molar-refractivity contribution in [3.05, 3.63) is 4.73 Å². The smallest absolute Gasteiger partial charge is 0.225 e. The number of aryl methyl sites for hydroxylation is 1.